The lowest BCUT2D eigenvalue weighted by atomic mass is 10.1. The van der Waals surface area contributed by atoms with Crippen molar-refractivity contribution in [3.63, 3.8) is 0 Å². The molecule has 2 N–H and O–H groups in total. The van der Waals surface area contributed by atoms with E-state index in [-0.39, 0.29) is 0 Å². The molecule has 19 heavy (non-hydrogen) atoms. The Morgan fingerprint density at radius 2 is 1.68 bits per heavy atom. The SMILES string of the molecule is Cc1cccc2nc(-c3c(Cl)cccc3Cl)c(N)n12. The molecule has 0 saturated heterocycles. The summed E-state index contributed by atoms with van der Waals surface area (Å²) in [4.78, 5) is 4.53. The van der Waals surface area contributed by atoms with Crippen LogP contribution in [0.3, 0.4) is 0 Å². The predicted octanol–water partition coefficient (Wildman–Crippen LogP) is 4.20. The molecule has 96 valence electrons. The summed E-state index contributed by atoms with van der Waals surface area (Å²) in [5, 5.41) is 1.08. The van der Waals surface area contributed by atoms with E-state index in [1.165, 1.54) is 0 Å². The van der Waals surface area contributed by atoms with E-state index in [1.54, 1.807) is 18.2 Å². The van der Waals surface area contributed by atoms with Gasteiger partial charge in [-0.2, -0.15) is 0 Å². The van der Waals surface area contributed by atoms with Gasteiger partial charge >= 0.3 is 0 Å². The molecule has 0 aliphatic carbocycles. The minimum atomic E-state index is 0.542. The Balaban J connectivity index is 2.38. The Kier molecular flexibility index (Phi) is 2.88. The maximum Gasteiger partial charge on any atom is 0.139 e. The zero-order valence-corrected chi connectivity index (χ0v) is 11.7. The molecule has 0 aliphatic heterocycles. The number of aryl methyl sites for hydroxylation is 1. The van der Waals surface area contributed by atoms with Crippen LogP contribution in [0.2, 0.25) is 10.0 Å². The minimum Gasteiger partial charge on any atom is -0.383 e. The van der Waals surface area contributed by atoms with E-state index in [2.05, 4.69) is 4.98 Å². The van der Waals surface area contributed by atoms with E-state index in [1.807, 2.05) is 29.5 Å². The van der Waals surface area contributed by atoms with Crippen LogP contribution in [-0.4, -0.2) is 9.38 Å². The van der Waals surface area contributed by atoms with Gasteiger partial charge in [0, 0.05) is 11.3 Å². The molecule has 0 aliphatic rings. The molecule has 0 saturated carbocycles. The summed E-state index contributed by atoms with van der Waals surface area (Å²) in [6.45, 7) is 1.98. The molecule has 2 aromatic heterocycles. The average molecular weight is 292 g/mol. The first-order chi connectivity index (χ1) is 9.09. The highest BCUT2D eigenvalue weighted by Crippen LogP contribution is 2.37. The van der Waals surface area contributed by atoms with Gasteiger partial charge in [0.05, 0.1) is 10.0 Å². The van der Waals surface area contributed by atoms with E-state index >= 15 is 0 Å². The number of hydrogen-bond acceptors (Lipinski definition) is 2. The Labute approximate surface area is 120 Å². The first-order valence-electron chi connectivity index (χ1n) is 5.77. The molecule has 1 aromatic carbocycles. The number of aromatic nitrogens is 2. The number of imidazole rings is 1. The van der Waals surface area contributed by atoms with E-state index in [0.717, 1.165) is 11.3 Å². The van der Waals surface area contributed by atoms with Gasteiger partial charge < -0.3 is 5.73 Å². The molecule has 3 rings (SSSR count). The third-order valence-corrected chi connectivity index (χ3v) is 3.70. The highest BCUT2D eigenvalue weighted by molar-refractivity contribution is 6.39. The number of nitrogen functional groups attached to an aromatic ring is 1. The van der Waals surface area contributed by atoms with Crippen LogP contribution in [0.5, 0.6) is 0 Å². The number of nitrogens with two attached hydrogens (primary N) is 1. The Hall–Kier alpha value is -1.71. The van der Waals surface area contributed by atoms with Crippen LogP contribution < -0.4 is 5.73 Å². The molecule has 0 spiro atoms. The minimum absolute atomic E-state index is 0.542. The van der Waals surface area contributed by atoms with Gasteiger partial charge in [-0.15, -0.1) is 0 Å². The zero-order valence-electron chi connectivity index (χ0n) is 10.2. The summed E-state index contributed by atoms with van der Waals surface area (Å²) in [5.74, 6) is 0.545. The lowest BCUT2D eigenvalue weighted by molar-refractivity contribution is 1.10. The summed E-state index contributed by atoms with van der Waals surface area (Å²) in [5.41, 5.74) is 9.27. The molecule has 3 aromatic rings. The van der Waals surface area contributed by atoms with E-state index < -0.39 is 0 Å². The molecule has 0 atom stereocenters. The third-order valence-electron chi connectivity index (χ3n) is 3.07. The largest absolute Gasteiger partial charge is 0.383 e. The second-order valence-electron chi connectivity index (χ2n) is 4.30. The summed E-state index contributed by atoms with van der Waals surface area (Å²) < 4.78 is 1.88. The standard InChI is InChI=1S/C14H11Cl2N3/c1-8-4-2-7-11-18-13(14(17)19(8)11)12-9(15)5-3-6-10(12)16/h2-7H,17H2,1H3. The first-order valence-corrected chi connectivity index (χ1v) is 6.53. The van der Waals surface area contributed by atoms with Crippen molar-refractivity contribution >= 4 is 34.7 Å². The van der Waals surface area contributed by atoms with Gasteiger partial charge in [0.2, 0.25) is 0 Å². The number of anilines is 1. The summed E-state index contributed by atoms with van der Waals surface area (Å²) in [6, 6.07) is 11.2. The highest BCUT2D eigenvalue weighted by atomic mass is 35.5. The van der Waals surface area contributed by atoms with Gasteiger partial charge in [0.25, 0.3) is 0 Å². The molecular formula is C14H11Cl2N3. The number of rotatable bonds is 1. The number of pyridine rings is 1. The molecular weight excluding hydrogens is 281 g/mol. The molecule has 5 heteroatoms. The fourth-order valence-corrected chi connectivity index (χ4v) is 2.77. The van der Waals surface area contributed by atoms with Crippen LogP contribution in [0.15, 0.2) is 36.4 Å². The maximum absolute atomic E-state index is 6.21. The van der Waals surface area contributed by atoms with Crippen molar-refractivity contribution in [3.05, 3.63) is 52.1 Å². The first kappa shape index (κ1) is 12.3. The average Bonchev–Trinajstić information content (AvgIpc) is 2.68. The number of nitrogens with zero attached hydrogens (tertiary/aromatic N) is 2. The van der Waals surface area contributed by atoms with Crippen molar-refractivity contribution in [2.24, 2.45) is 0 Å². The smallest absolute Gasteiger partial charge is 0.139 e. The molecule has 0 bridgehead atoms. The van der Waals surface area contributed by atoms with E-state index in [4.69, 9.17) is 28.9 Å². The highest BCUT2D eigenvalue weighted by Gasteiger charge is 2.17. The van der Waals surface area contributed by atoms with Crippen molar-refractivity contribution in [1.29, 1.82) is 0 Å². The van der Waals surface area contributed by atoms with Gasteiger partial charge in [-0.1, -0.05) is 35.3 Å². The van der Waals surface area contributed by atoms with E-state index in [9.17, 15) is 0 Å². The monoisotopic (exact) mass is 291 g/mol. The van der Waals surface area contributed by atoms with Gasteiger partial charge in [0.1, 0.15) is 17.2 Å². The fourth-order valence-electron chi connectivity index (χ4n) is 2.19. The lowest BCUT2D eigenvalue weighted by Crippen LogP contribution is -1.97. The van der Waals surface area contributed by atoms with Crippen molar-refractivity contribution in [2.75, 3.05) is 5.73 Å². The van der Waals surface area contributed by atoms with Gasteiger partial charge in [-0.05, 0) is 31.2 Å². The molecule has 3 nitrogen and oxygen atoms in total. The summed E-state index contributed by atoms with van der Waals surface area (Å²) in [6.07, 6.45) is 0. The summed E-state index contributed by atoms with van der Waals surface area (Å²) >= 11 is 12.4. The quantitative estimate of drug-likeness (QED) is 0.730. The van der Waals surface area contributed by atoms with Crippen LogP contribution in [0.1, 0.15) is 5.69 Å². The normalized spacial score (nSPS) is 11.1. The molecule has 0 amide bonds. The van der Waals surface area contributed by atoms with Crippen LogP contribution in [0, 0.1) is 6.92 Å². The van der Waals surface area contributed by atoms with Gasteiger partial charge in [0.15, 0.2) is 0 Å². The van der Waals surface area contributed by atoms with Crippen molar-refractivity contribution in [3.8, 4) is 11.3 Å². The molecule has 2 heterocycles. The van der Waals surface area contributed by atoms with Crippen LogP contribution >= 0.6 is 23.2 Å². The number of hydrogen-bond donors (Lipinski definition) is 1. The Bertz CT molecular complexity index is 757. The number of benzene rings is 1. The molecule has 0 radical (unpaired) electrons. The van der Waals surface area contributed by atoms with E-state index in [0.29, 0.717) is 27.1 Å². The molecule has 0 fully saturated rings. The second-order valence-corrected chi connectivity index (χ2v) is 5.12. The number of fused-ring (bicyclic) bond motifs is 1. The topological polar surface area (TPSA) is 43.3 Å². The Morgan fingerprint density at radius 3 is 2.32 bits per heavy atom. The third kappa shape index (κ3) is 1.86. The van der Waals surface area contributed by atoms with Crippen molar-refractivity contribution in [2.45, 2.75) is 6.92 Å². The van der Waals surface area contributed by atoms with Gasteiger partial charge in [-0.3, -0.25) is 4.40 Å². The second kappa shape index (κ2) is 4.44. The fraction of sp³-hybridized carbons (Fsp3) is 0.0714. The predicted molar refractivity (Wildman–Crippen MR) is 79.8 cm³/mol. The zero-order chi connectivity index (χ0) is 13.6. The van der Waals surface area contributed by atoms with Crippen LogP contribution in [-0.2, 0) is 0 Å². The van der Waals surface area contributed by atoms with Crippen LogP contribution in [0.25, 0.3) is 16.9 Å². The van der Waals surface area contributed by atoms with Gasteiger partial charge in [-0.25, -0.2) is 4.98 Å². The molecule has 0 unspecified atom stereocenters. The van der Waals surface area contributed by atoms with Crippen molar-refractivity contribution < 1.29 is 0 Å². The van der Waals surface area contributed by atoms with Crippen LogP contribution in [0.4, 0.5) is 5.82 Å². The number of halogens is 2. The Morgan fingerprint density at radius 1 is 1.05 bits per heavy atom. The van der Waals surface area contributed by atoms with Crippen molar-refractivity contribution in [1.82, 2.24) is 9.38 Å². The maximum atomic E-state index is 6.21. The summed E-state index contributed by atoms with van der Waals surface area (Å²) in [7, 11) is 0. The lowest BCUT2D eigenvalue weighted by Gasteiger charge is -2.05.